The highest BCUT2D eigenvalue weighted by molar-refractivity contribution is 5.95. The Hall–Kier alpha value is -2.89. The molecule has 0 aromatic heterocycles. The van der Waals surface area contributed by atoms with Gasteiger partial charge in [-0.3, -0.25) is 14.9 Å². The zero-order chi connectivity index (χ0) is 14.1. The van der Waals surface area contributed by atoms with E-state index in [0.29, 0.717) is 11.4 Å². The fourth-order valence-electron chi connectivity index (χ4n) is 2.05. The van der Waals surface area contributed by atoms with Crippen LogP contribution in [0.25, 0.3) is 0 Å². The summed E-state index contributed by atoms with van der Waals surface area (Å²) in [5.74, 6) is 0.322. The topological polar surface area (TPSA) is 72.7 Å². The lowest BCUT2D eigenvalue weighted by Gasteiger charge is -2.27. The van der Waals surface area contributed by atoms with Gasteiger partial charge in [-0.1, -0.05) is 24.3 Å². The van der Waals surface area contributed by atoms with Gasteiger partial charge in [0.1, 0.15) is 0 Å². The van der Waals surface area contributed by atoms with E-state index in [9.17, 15) is 14.9 Å². The molecule has 0 saturated heterocycles. The fourth-order valence-corrected chi connectivity index (χ4v) is 2.05. The van der Waals surface area contributed by atoms with E-state index < -0.39 is 4.92 Å². The second-order valence-corrected chi connectivity index (χ2v) is 4.34. The number of nitro benzene ring substituents is 1. The Balaban J connectivity index is 1.97. The third kappa shape index (κ3) is 2.07. The quantitative estimate of drug-likeness (QED) is 0.620. The molecular weight excluding hydrogens is 260 g/mol. The summed E-state index contributed by atoms with van der Waals surface area (Å²) in [5, 5.41) is 11.9. The summed E-state index contributed by atoms with van der Waals surface area (Å²) in [5.41, 5.74) is 1.07. The Morgan fingerprint density at radius 1 is 1.15 bits per heavy atom. The number of rotatable bonds is 2. The Labute approximate surface area is 114 Å². The Kier molecular flexibility index (Phi) is 2.83. The second kappa shape index (κ2) is 4.65. The number of nitrogens with zero attached hydrogens (tertiary/aromatic N) is 2. The van der Waals surface area contributed by atoms with E-state index in [0.717, 1.165) is 10.6 Å². The highest BCUT2D eigenvalue weighted by Crippen LogP contribution is 2.29. The number of non-ortho nitro benzene ring substituents is 1. The molecule has 0 fully saturated rings. The van der Waals surface area contributed by atoms with E-state index in [1.54, 1.807) is 18.2 Å². The maximum atomic E-state index is 12.1. The Morgan fingerprint density at radius 3 is 2.75 bits per heavy atom. The molecule has 1 aliphatic heterocycles. The largest absolute Gasteiger partial charge is 0.372 e. The van der Waals surface area contributed by atoms with Crippen LogP contribution in [0.5, 0.6) is 5.75 Å². The minimum Gasteiger partial charge on any atom is -0.372 e. The fraction of sp³-hybridized carbons (Fsp3) is 0.0714. The second-order valence-electron chi connectivity index (χ2n) is 4.34. The molecule has 0 saturated carbocycles. The van der Waals surface area contributed by atoms with Gasteiger partial charge in [0.2, 0.25) is 0 Å². The summed E-state index contributed by atoms with van der Waals surface area (Å²) in [6.07, 6.45) is 0.207. The molecule has 100 valence electrons. The molecule has 20 heavy (non-hydrogen) atoms. The number of carbonyl (C=O) groups is 1. The average Bonchev–Trinajstić information content (AvgIpc) is 2.46. The van der Waals surface area contributed by atoms with Crippen LogP contribution in [0, 0.1) is 10.1 Å². The van der Waals surface area contributed by atoms with Gasteiger partial charge in [-0.15, -0.1) is 5.06 Å². The predicted molar refractivity (Wildman–Crippen MR) is 71.4 cm³/mol. The van der Waals surface area contributed by atoms with Gasteiger partial charge in [0.25, 0.3) is 11.6 Å². The van der Waals surface area contributed by atoms with E-state index in [1.807, 2.05) is 12.1 Å². The average molecular weight is 270 g/mol. The molecular formula is C14H10N2O4. The summed E-state index contributed by atoms with van der Waals surface area (Å²) in [7, 11) is 0. The van der Waals surface area contributed by atoms with Crippen LogP contribution in [0.3, 0.4) is 0 Å². The Bertz CT molecular complexity index is 699. The van der Waals surface area contributed by atoms with Crippen LogP contribution in [0.2, 0.25) is 0 Å². The SMILES string of the molecule is O=C1Cc2ccccc2ON1c1cccc([N+](=O)[O-])c1. The smallest absolute Gasteiger partial charge is 0.271 e. The van der Waals surface area contributed by atoms with Crippen LogP contribution in [0.1, 0.15) is 5.56 Å². The molecule has 0 radical (unpaired) electrons. The summed E-state index contributed by atoms with van der Waals surface area (Å²) in [4.78, 5) is 27.9. The first-order chi connectivity index (χ1) is 9.65. The number of hydrogen-bond donors (Lipinski definition) is 0. The van der Waals surface area contributed by atoms with Gasteiger partial charge in [0, 0.05) is 17.7 Å². The van der Waals surface area contributed by atoms with E-state index in [4.69, 9.17) is 4.84 Å². The summed E-state index contributed by atoms with van der Waals surface area (Å²) in [6, 6.07) is 13.0. The van der Waals surface area contributed by atoms with Crippen molar-refractivity contribution in [3.8, 4) is 5.75 Å². The predicted octanol–water partition coefficient (Wildman–Crippen LogP) is 2.48. The molecule has 2 aromatic carbocycles. The molecule has 0 N–H and O–H groups in total. The lowest BCUT2D eigenvalue weighted by Crippen LogP contribution is -2.39. The molecule has 2 aromatic rings. The normalized spacial score (nSPS) is 13.6. The maximum absolute atomic E-state index is 12.1. The number of fused-ring (bicyclic) bond motifs is 1. The molecule has 0 bridgehead atoms. The molecule has 0 unspecified atom stereocenters. The zero-order valence-corrected chi connectivity index (χ0v) is 10.4. The number of hydrogen-bond acceptors (Lipinski definition) is 4. The Morgan fingerprint density at radius 2 is 1.95 bits per heavy atom. The first kappa shape index (κ1) is 12.2. The van der Waals surface area contributed by atoms with Gasteiger partial charge in [-0.25, -0.2) is 0 Å². The van der Waals surface area contributed by atoms with Gasteiger partial charge in [0.05, 0.1) is 17.0 Å². The number of nitro groups is 1. The standard InChI is InChI=1S/C14H10N2O4/c17-14-8-10-4-1-2-7-13(10)20-15(14)11-5-3-6-12(9-11)16(18)19/h1-7,9H,8H2. The highest BCUT2D eigenvalue weighted by atomic mass is 16.7. The van der Waals surface area contributed by atoms with Crippen molar-refractivity contribution >= 4 is 17.3 Å². The number of benzene rings is 2. The van der Waals surface area contributed by atoms with Gasteiger partial charge in [-0.2, -0.15) is 0 Å². The van der Waals surface area contributed by atoms with Crippen molar-refractivity contribution in [1.29, 1.82) is 0 Å². The first-order valence-corrected chi connectivity index (χ1v) is 5.98. The van der Waals surface area contributed by atoms with Crippen LogP contribution >= 0.6 is 0 Å². The molecule has 6 heteroatoms. The number of amides is 1. The maximum Gasteiger partial charge on any atom is 0.271 e. The van der Waals surface area contributed by atoms with Crippen molar-refractivity contribution in [1.82, 2.24) is 0 Å². The third-order valence-corrected chi connectivity index (χ3v) is 3.01. The van der Waals surface area contributed by atoms with Crippen molar-refractivity contribution in [3.63, 3.8) is 0 Å². The van der Waals surface area contributed by atoms with Crippen molar-refractivity contribution < 1.29 is 14.6 Å². The van der Waals surface area contributed by atoms with Crippen molar-refractivity contribution in [2.24, 2.45) is 0 Å². The van der Waals surface area contributed by atoms with E-state index in [-0.39, 0.29) is 18.0 Å². The summed E-state index contributed by atoms with van der Waals surface area (Å²) in [6.45, 7) is 0. The van der Waals surface area contributed by atoms with Crippen molar-refractivity contribution in [3.05, 3.63) is 64.2 Å². The number of hydroxylamine groups is 1. The highest BCUT2D eigenvalue weighted by Gasteiger charge is 2.26. The lowest BCUT2D eigenvalue weighted by atomic mass is 10.1. The zero-order valence-electron chi connectivity index (χ0n) is 10.4. The van der Waals surface area contributed by atoms with Crippen molar-refractivity contribution in [2.45, 2.75) is 6.42 Å². The molecule has 0 spiro atoms. The van der Waals surface area contributed by atoms with E-state index in [2.05, 4.69) is 0 Å². The van der Waals surface area contributed by atoms with E-state index in [1.165, 1.54) is 18.2 Å². The molecule has 1 heterocycles. The summed E-state index contributed by atoms with van der Waals surface area (Å²) < 4.78 is 0. The number of carbonyl (C=O) groups excluding carboxylic acids is 1. The molecule has 1 amide bonds. The van der Waals surface area contributed by atoms with E-state index >= 15 is 0 Å². The monoisotopic (exact) mass is 270 g/mol. The molecule has 6 nitrogen and oxygen atoms in total. The lowest BCUT2D eigenvalue weighted by molar-refractivity contribution is -0.384. The molecule has 3 rings (SSSR count). The summed E-state index contributed by atoms with van der Waals surface area (Å²) >= 11 is 0. The van der Waals surface area contributed by atoms with Gasteiger partial charge >= 0.3 is 0 Å². The molecule has 0 aliphatic carbocycles. The van der Waals surface area contributed by atoms with Crippen LogP contribution in [0.15, 0.2) is 48.5 Å². The van der Waals surface area contributed by atoms with Gasteiger partial charge < -0.3 is 4.84 Å². The van der Waals surface area contributed by atoms with Crippen LogP contribution in [0.4, 0.5) is 11.4 Å². The number of anilines is 1. The van der Waals surface area contributed by atoms with Crippen molar-refractivity contribution in [2.75, 3.05) is 5.06 Å². The molecule has 0 atom stereocenters. The minimum atomic E-state index is -0.508. The van der Waals surface area contributed by atoms with Crippen LogP contribution < -0.4 is 9.90 Å². The first-order valence-electron chi connectivity index (χ1n) is 5.98. The van der Waals surface area contributed by atoms with Gasteiger partial charge in [0.15, 0.2) is 5.75 Å². The molecule has 1 aliphatic rings. The third-order valence-electron chi connectivity index (χ3n) is 3.01. The van der Waals surface area contributed by atoms with Gasteiger partial charge in [-0.05, 0) is 12.1 Å². The van der Waals surface area contributed by atoms with Crippen LogP contribution in [-0.2, 0) is 11.2 Å². The minimum absolute atomic E-state index is 0.0854. The number of para-hydroxylation sites is 1. The van der Waals surface area contributed by atoms with Crippen LogP contribution in [-0.4, -0.2) is 10.8 Å².